The summed E-state index contributed by atoms with van der Waals surface area (Å²) in [5.74, 6) is -0.449. The van der Waals surface area contributed by atoms with E-state index in [1.165, 1.54) is 6.07 Å². The minimum atomic E-state index is -0.449. The molecule has 0 aliphatic rings. The van der Waals surface area contributed by atoms with Crippen molar-refractivity contribution in [1.29, 1.82) is 0 Å². The number of thiophene rings is 1. The van der Waals surface area contributed by atoms with Crippen LogP contribution in [0.2, 0.25) is 0 Å². The molecule has 0 saturated heterocycles. The minimum Gasteiger partial charge on any atom is -0.462 e. The summed E-state index contributed by atoms with van der Waals surface area (Å²) >= 11 is 1.07. The summed E-state index contributed by atoms with van der Waals surface area (Å²) in [5, 5.41) is 14.4. The molecule has 2 rings (SSSR count). The summed E-state index contributed by atoms with van der Waals surface area (Å²) in [7, 11) is 0. The van der Waals surface area contributed by atoms with Gasteiger partial charge in [-0.2, -0.15) is 0 Å². The Balaban J connectivity index is 2.40. The van der Waals surface area contributed by atoms with Gasteiger partial charge in [-0.1, -0.05) is 11.3 Å². The summed E-state index contributed by atoms with van der Waals surface area (Å²) in [6, 6.07) is 1.40. The lowest BCUT2D eigenvalue weighted by molar-refractivity contribution is -0.782. The molecule has 0 unspecified atom stereocenters. The second-order valence-corrected chi connectivity index (χ2v) is 3.48. The Labute approximate surface area is 82.2 Å². The van der Waals surface area contributed by atoms with Crippen molar-refractivity contribution >= 4 is 27.7 Å². The molecule has 0 fully saturated rings. The Kier molecular flexibility index (Phi) is 2.08. The van der Waals surface area contributed by atoms with Gasteiger partial charge in [-0.15, -0.1) is 0 Å². The van der Waals surface area contributed by atoms with Gasteiger partial charge < -0.3 is 9.94 Å². The van der Waals surface area contributed by atoms with Gasteiger partial charge in [-0.3, -0.25) is 4.63 Å². The molecule has 74 valence electrons. The maximum atomic E-state index is 11.2. The fourth-order valence-electron chi connectivity index (χ4n) is 0.989. The minimum absolute atomic E-state index is 0.248. The molecule has 0 atom stereocenters. The maximum Gasteiger partial charge on any atom is 0.348 e. The molecule has 0 N–H and O–H groups in total. The van der Waals surface area contributed by atoms with Crippen LogP contribution in [0.5, 0.6) is 0 Å². The summed E-state index contributed by atoms with van der Waals surface area (Å²) in [4.78, 5) is 12.2. The van der Waals surface area contributed by atoms with Gasteiger partial charge in [-0.05, 0) is 11.8 Å². The molecule has 0 amide bonds. The Morgan fingerprint density at radius 2 is 2.64 bits per heavy atom. The van der Waals surface area contributed by atoms with Gasteiger partial charge in [0.05, 0.1) is 11.8 Å². The molecule has 0 aliphatic carbocycles. The zero-order valence-corrected chi connectivity index (χ0v) is 8.04. The number of hydrogen-bond acceptors (Lipinski definition) is 6. The van der Waals surface area contributed by atoms with Crippen LogP contribution in [-0.2, 0) is 4.74 Å². The first-order chi connectivity index (χ1) is 6.72. The van der Waals surface area contributed by atoms with Crippen LogP contribution in [0.15, 0.2) is 10.7 Å². The predicted octanol–water partition coefficient (Wildman–Crippen LogP) is 0.699. The van der Waals surface area contributed by atoms with Crippen molar-refractivity contribution < 1.29 is 19.1 Å². The van der Waals surface area contributed by atoms with Gasteiger partial charge in [0.15, 0.2) is 0 Å². The molecule has 0 bridgehead atoms. The van der Waals surface area contributed by atoms with E-state index in [1.807, 2.05) is 0 Å². The highest BCUT2D eigenvalue weighted by Crippen LogP contribution is 2.21. The molecule has 0 aromatic carbocycles. The van der Waals surface area contributed by atoms with Crippen LogP contribution >= 0.6 is 11.3 Å². The molecule has 2 heterocycles. The van der Waals surface area contributed by atoms with E-state index in [9.17, 15) is 10.0 Å². The van der Waals surface area contributed by atoms with E-state index in [4.69, 9.17) is 4.74 Å². The van der Waals surface area contributed by atoms with Crippen LogP contribution < -0.4 is 4.90 Å². The van der Waals surface area contributed by atoms with Crippen LogP contribution in [0.4, 0.5) is 0 Å². The fourth-order valence-corrected chi connectivity index (χ4v) is 1.82. The number of rotatable bonds is 2. The van der Waals surface area contributed by atoms with Crippen molar-refractivity contribution in [2.24, 2.45) is 0 Å². The number of esters is 1. The van der Waals surface area contributed by atoms with Crippen molar-refractivity contribution in [3.8, 4) is 0 Å². The Hall–Kier alpha value is -1.63. The summed E-state index contributed by atoms with van der Waals surface area (Å²) < 4.78 is 9.09. The molecule has 0 saturated carbocycles. The van der Waals surface area contributed by atoms with Crippen LogP contribution in [0.25, 0.3) is 10.3 Å². The highest BCUT2D eigenvalue weighted by molar-refractivity contribution is 7.20. The largest absolute Gasteiger partial charge is 0.462 e. The molecular formula is C7H6N2O4S. The lowest BCUT2D eigenvalue weighted by Gasteiger charge is -1.95. The van der Waals surface area contributed by atoms with Crippen LogP contribution in [-0.4, -0.2) is 17.7 Å². The number of hydrogen-bond donors (Lipinski definition) is 0. The molecule has 0 aliphatic heterocycles. The summed E-state index contributed by atoms with van der Waals surface area (Å²) in [6.07, 6.45) is 0. The predicted molar refractivity (Wildman–Crippen MR) is 46.8 cm³/mol. The van der Waals surface area contributed by atoms with E-state index in [2.05, 4.69) is 9.79 Å². The molecule has 14 heavy (non-hydrogen) atoms. The van der Waals surface area contributed by atoms with E-state index in [1.54, 1.807) is 6.92 Å². The highest BCUT2D eigenvalue weighted by Gasteiger charge is 2.19. The van der Waals surface area contributed by atoms with Crippen LogP contribution in [0.1, 0.15) is 16.6 Å². The van der Waals surface area contributed by atoms with Gasteiger partial charge >= 0.3 is 10.8 Å². The molecule has 2 aromatic heterocycles. The lowest BCUT2D eigenvalue weighted by atomic mass is 10.4. The van der Waals surface area contributed by atoms with Crippen LogP contribution in [0, 0.1) is 5.21 Å². The molecule has 7 heteroatoms. The van der Waals surface area contributed by atoms with Gasteiger partial charge in [-0.25, -0.2) is 4.79 Å². The van der Waals surface area contributed by atoms with Crippen molar-refractivity contribution in [3.05, 3.63) is 16.2 Å². The van der Waals surface area contributed by atoms with Crippen molar-refractivity contribution in [2.75, 3.05) is 6.61 Å². The fraction of sp³-hybridized carbons (Fsp3) is 0.286. The Bertz CT molecular complexity index is 475. The average Bonchev–Trinajstić information content (AvgIpc) is 2.69. The van der Waals surface area contributed by atoms with Gasteiger partial charge in [0.25, 0.3) is 0 Å². The molecule has 0 radical (unpaired) electrons. The molecular weight excluding hydrogens is 208 g/mol. The maximum absolute atomic E-state index is 11.2. The van der Waals surface area contributed by atoms with Crippen LogP contribution in [0.3, 0.4) is 0 Å². The van der Waals surface area contributed by atoms with E-state index >= 15 is 0 Å². The van der Waals surface area contributed by atoms with E-state index in [0.717, 1.165) is 11.3 Å². The summed E-state index contributed by atoms with van der Waals surface area (Å²) in [6.45, 7) is 2.02. The molecule has 2 aromatic rings. The standard InChI is InChI=1S/C7H6N2O4S/c1-2-12-7(10)5-3-4-6(14-5)8-13-9(4)11/h3H,2H2,1H3. The quantitative estimate of drug-likeness (QED) is 0.543. The Morgan fingerprint density at radius 3 is 3.29 bits per heavy atom. The van der Waals surface area contributed by atoms with E-state index in [0.29, 0.717) is 16.3 Å². The van der Waals surface area contributed by atoms with Crippen molar-refractivity contribution in [2.45, 2.75) is 6.92 Å². The van der Waals surface area contributed by atoms with E-state index < -0.39 is 5.97 Å². The highest BCUT2D eigenvalue weighted by atomic mass is 32.1. The first-order valence-corrected chi connectivity index (χ1v) is 4.70. The lowest BCUT2D eigenvalue weighted by Crippen LogP contribution is -2.22. The first-order valence-electron chi connectivity index (χ1n) is 3.88. The molecule has 0 spiro atoms. The number of carbonyl (C=O) groups excluding carboxylic acids is 1. The topological polar surface area (TPSA) is 79.3 Å². The smallest absolute Gasteiger partial charge is 0.348 e. The number of carbonyl (C=O) groups is 1. The third-order valence-corrected chi connectivity index (χ3v) is 2.55. The number of ether oxygens (including phenoxy) is 1. The zero-order valence-electron chi connectivity index (χ0n) is 7.22. The van der Waals surface area contributed by atoms with Gasteiger partial charge in [0.2, 0.25) is 5.52 Å². The zero-order chi connectivity index (χ0) is 10.1. The van der Waals surface area contributed by atoms with Gasteiger partial charge in [0, 0.05) is 6.07 Å². The van der Waals surface area contributed by atoms with E-state index in [-0.39, 0.29) is 10.4 Å². The first kappa shape index (κ1) is 8.95. The van der Waals surface area contributed by atoms with Gasteiger partial charge in [0.1, 0.15) is 4.88 Å². The molecule has 6 nitrogen and oxygen atoms in total. The van der Waals surface area contributed by atoms with Crippen molar-refractivity contribution in [3.63, 3.8) is 0 Å². The number of nitrogens with zero attached hydrogens (tertiary/aromatic N) is 2. The number of aromatic nitrogens is 2. The third-order valence-electron chi connectivity index (χ3n) is 1.56. The third kappa shape index (κ3) is 1.31. The SMILES string of the molecule is CCOC(=O)c1cc2c(no[n+]2[O-])s1. The second-order valence-electron chi connectivity index (χ2n) is 2.45. The average molecular weight is 214 g/mol. The van der Waals surface area contributed by atoms with Crippen molar-refractivity contribution in [1.82, 2.24) is 5.16 Å². The monoisotopic (exact) mass is 214 g/mol. The Morgan fingerprint density at radius 1 is 1.86 bits per heavy atom. The second kappa shape index (κ2) is 3.26. The normalized spacial score (nSPS) is 10.6. The summed E-state index contributed by atoms with van der Waals surface area (Å²) in [5.41, 5.74) is 0.248. The number of fused-ring (bicyclic) bond motifs is 1.